The number of esters is 1. The quantitative estimate of drug-likeness (QED) is 0.563. The van der Waals surface area contributed by atoms with E-state index < -0.39 is 34.4 Å². The van der Waals surface area contributed by atoms with E-state index in [1.54, 1.807) is 12.1 Å². The van der Waals surface area contributed by atoms with Gasteiger partial charge in [0.25, 0.3) is 5.91 Å². The lowest BCUT2D eigenvalue weighted by molar-refractivity contribution is -0.136. The Balaban J connectivity index is 1.92. The smallest absolute Gasteiger partial charge is 0.338 e. The summed E-state index contributed by atoms with van der Waals surface area (Å²) < 4.78 is 28.6. The van der Waals surface area contributed by atoms with Gasteiger partial charge < -0.3 is 20.7 Å². The zero-order chi connectivity index (χ0) is 21.4. The Labute approximate surface area is 170 Å². The zero-order valence-corrected chi connectivity index (χ0v) is 17.2. The molecule has 1 fully saturated rings. The van der Waals surface area contributed by atoms with Crippen molar-refractivity contribution in [3.63, 3.8) is 0 Å². The maximum atomic E-state index is 12.6. The lowest BCUT2D eigenvalue weighted by Crippen LogP contribution is -2.43. The number of hydrogen-bond acceptors (Lipinski definition) is 6. The lowest BCUT2D eigenvalue weighted by atomic mass is 10.1. The van der Waals surface area contributed by atoms with Crippen molar-refractivity contribution >= 4 is 27.7 Å². The van der Waals surface area contributed by atoms with Crippen LogP contribution in [0.4, 0.5) is 4.79 Å². The first-order valence-corrected chi connectivity index (χ1v) is 11.3. The number of ether oxygens (including phenoxy) is 1. The molecular weight excluding hydrogens is 398 g/mol. The molecule has 2 rings (SSSR count). The van der Waals surface area contributed by atoms with Gasteiger partial charge in [-0.05, 0) is 30.5 Å². The van der Waals surface area contributed by atoms with Crippen LogP contribution < -0.4 is 11.1 Å². The highest BCUT2D eigenvalue weighted by molar-refractivity contribution is 7.91. The van der Waals surface area contributed by atoms with E-state index in [0.29, 0.717) is 13.0 Å². The van der Waals surface area contributed by atoms with Crippen LogP contribution in [-0.4, -0.2) is 61.9 Å². The predicted octanol–water partition coefficient (Wildman–Crippen LogP) is 0.828. The van der Waals surface area contributed by atoms with Crippen molar-refractivity contribution in [1.29, 1.82) is 0 Å². The van der Waals surface area contributed by atoms with Gasteiger partial charge in [-0.3, -0.25) is 4.79 Å². The molecule has 0 bridgehead atoms. The molecule has 1 aromatic carbocycles. The predicted molar refractivity (Wildman–Crippen MR) is 107 cm³/mol. The summed E-state index contributed by atoms with van der Waals surface area (Å²) in [5, 5.41) is 2.44. The highest BCUT2D eigenvalue weighted by Crippen LogP contribution is 2.19. The minimum absolute atomic E-state index is 0.0444. The number of primary amides is 1. The van der Waals surface area contributed by atoms with Crippen molar-refractivity contribution in [2.45, 2.75) is 38.8 Å². The van der Waals surface area contributed by atoms with E-state index in [2.05, 4.69) is 5.32 Å². The number of carbonyl (C=O) groups is 3. The number of sulfone groups is 1. The molecule has 1 aliphatic rings. The van der Waals surface area contributed by atoms with Crippen molar-refractivity contribution in [2.24, 2.45) is 5.73 Å². The van der Waals surface area contributed by atoms with Gasteiger partial charge in [0.1, 0.15) is 0 Å². The summed E-state index contributed by atoms with van der Waals surface area (Å²) in [6, 6.07) is 5.34. The van der Waals surface area contributed by atoms with E-state index in [4.69, 9.17) is 10.5 Å². The third-order valence-corrected chi connectivity index (χ3v) is 6.46. The Morgan fingerprint density at radius 2 is 1.93 bits per heavy atom. The molecule has 0 aliphatic carbocycles. The van der Waals surface area contributed by atoms with Gasteiger partial charge in [0.2, 0.25) is 0 Å². The number of amides is 3. The standard InChI is InChI=1S/C19H27N3O6S/c1-2-3-9-22(16-8-10-29(26,27)13-16)17(23)12-28-18(24)15-6-4-14(5-7-15)11-21-19(20)25/h4-7,16H,2-3,8-13H2,1H3,(H3,20,21,25). The van der Waals surface area contributed by atoms with Gasteiger partial charge >= 0.3 is 12.0 Å². The van der Waals surface area contributed by atoms with Crippen LogP contribution in [-0.2, 0) is 25.9 Å². The second-order valence-corrected chi connectivity index (χ2v) is 9.22. The SMILES string of the molecule is CCCCN(C(=O)COC(=O)c1ccc(CNC(N)=O)cc1)C1CCS(=O)(=O)C1. The Kier molecular flexibility index (Phi) is 8.00. The second kappa shape index (κ2) is 10.2. The number of carbonyl (C=O) groups excluding carboxylic acids is 3. The summed E-state index contributed by atoms with van der Waals surface area (Å²) in [7, 11) is -3.12. The average molecular weight is 426 g/mol. The first kappa shape index (κ1) is 22.7. The van der Waals surface area contributed by atoms with E-state index in [0.717, 1.165) is 18.4 Å². The monoisotopic (exact) mass is 425 g/mol. The van der Waals surface area contributed by atoms with Gasteiger partial charge in [0.05, 0.1) is 17.1 Å². The van der Waals surface area contributed by atoms with E-state index in [9.17, 15) is 22.8 Å². The molecule has 9 nitrogen and oxygen atoms in total. The molecule has 1 aliphatic heterocycles. The maximum absolute atomic E-state index is 12.6. The number of benzene rings is 1. The summed E-state index contributed by atoms with van der Waals surface area (Å²) in [5.41, 5.74) is 6.03. The number of nitrogens with two attached hydrogens (primary N) is 1. The van der Waals surface area contributed by atoms with Crippen LogP contribution in [0.15, 0.2) is 24.3 Å². The van der Waals surface area contributed by atoms with Crippen LogP contribution in [0.5, 0.6) is 0 Å². The molecule has 0 aromatic heterocycles. The molecule has 0 saturated carbocycles. The fourth-order valence-electron chi connectivity index (χ4n) is 3.10. The van der Waals surface area contributed by atoms with Gasteiger partial charge in [-0.2, -0.15) is 0 Å². The van der Waals surface area contributed by atoms with E-state index in [-0.39, 0.29) is 29.7 Å². The summed E-state index contributed by atoms with van der Waals surface area (Å²) in [4.78, 5) is 37.0. The third kappa shape index (κ3) is 7.04. The number of hydrogen-bond donors (Lipinski definition) is 2. The maximum Gasteiger partial charge on any atom is 0.338 e. The van der Waals surface area contributed by atoms with Crippen molar-refractivity contribution < 1.29 is 27.5 Å². The molecule has 0 radical (unpaired) electrons. The number of rotatable bonds is 9. The normalized spacial score (nSPS) is 17.5. The summed E-state index contributed by atoms with van der Waals surface area (Å²) in [6.45, 7) is 2.22. The van der Waals surface area contributed by atoms with Crippen molar-refractivity contribution in [2.75, 3.05) is 24.7 Å². The number of nitrogens with zero attached hydrogens (tertiary/aromatic N) is 1. The molecule has 1 saturated heterocycles. The first-order valence-electron chi connectivity index (χ1n) is 9.51. The van der Waals surface area contributed by atoms with Crippen LogP contribution in [0.1, 0.15) is 42.1 Å². The molecule has 0 spiro atoms. The molecule has 160 valence electrons. The van der Waals surface area contributed by atoms with Crippen molar-refractivity contribution in [1.82, 2.24) is 10.2 Å². The van der Waals surface area contributed by atoms with Crippen molar-refractivity contribution in [3.8, 4) is 0 Å². The minimum atomic E-state index is -3.12. The van der Waals surface area contributed by atoms with Gasteiger partial charge in [0.15, 0.2) is 16.4 Å². The molecule has 3 amide bonds. The topological polar surface area (TPSA) is 136 Å². The van der Waals surface area contributed by atoms with Gasteiger partial charge in [0, 0.05) is 19.1 Å². The fraction of sp³-hybridized carbons (Fsp3) is 0.526. The fourth-order valence-corrected chi connectivity index (χ4v) is 4.83. The minimum Gasteiger partial charge on any atom is -0.452 e. The number of nitrogens with one attached hydrogen (secondary N) is 1. The summed E-state index contributed by atoms with van der Waals surface area (Å²) in [5.74, 6) is -1.01. The Morgan fingerprint density at radius 1 is 1.24 bits per heavy atom. The van der Waals surface area contributed by atoms with Crippen LogP contribution >= 0.6 is 0 Å². The molecule has 1 unspecified atom stereocenters. The van der Waals surface area contributed by atoms with E-state index >= 15 is 0 Å². The number of unbranched alkanes of at least 4 members (excludes halogenated alkanes) is 1. The van der Waals surface area contributed by atoms with E-state index in [1.165, 1.54) is 17.0 Å². The largest absolute Gasteiger partial charge is 0.452 e. The van der Waals surface area contributed by atoms with Gasteiger partial charge in [-0.15, -0.1) is 0 Å². The van der Waals surface area contributed by atoms with Crippen LogP contribution in [0.25, 0.3) is 0 Å². The molecule has 1 heterocycles. The highest BCUT2D eigenvalue weighted by atomic mass is 32.2. The zero-order valence-electron chi connectivity index (χ0n) is 16.4. The lowest BCUT2D eigenvalue weighted by Gasteiger charge is -2.28. The summed E-state index contributed by atoms with van der Waals surface area (Å²) >= 11 is 0. The molecule has 1 aromatic rings. The summed E-state index contributed by atoms with van der Waals surface area (Å²) in [6.07, 6.45) is 2.02. The van der Waals surface area contributed by atoms with E-state index in [1.807, 2.05) is 6.92 Å². The molecule has 1 atom stereocenters. The van der Waals surface area contributed by atoms with Crippen LogP contribution in [0, 0.1) is 0 Å². The van der Waals surface area contributed by atoms with Gasteiger partial charge in [-0.25, -0.2) is 18.0 Å². The first-order chi connectivity index (χ1) is 13.7. The average Bonchev–Trinajstić information content (AvgIpc) is 3.04. The van der Waals surface area contributed by atoms with Gasteiger partial charge in [-0.1, -0.05) is 25.5 Å². The Bertz CT molecular complexity index is 838. The van der Waals surface area contributed by atoms with Crippen molar-refractivity contribution in [3.05, 3.63) is 35.4 Å². The van der Waals surface area contributed by atoms with Crippen LogP contribution in [0.3, 0.4) is 0 Å². The third-order valence-electron chi connectivity index (χ3n) is 4.71. The molecular formula is C19H27N3O6S. The Morgan fingerprint density at radius 3 is 2.48 bits per heavy atom. The Hall–Kier alpha value is -2.62. The molecule has 10 heteroatoms. The highest BCUT2D eigenvalue weighted by Gasteiger charge is 2.34. The number of urea groups is 1. The van der Waals surface area contributed by atoms with Crippen LogP contribution in [0.2, 0.25) is 0 Å². The second-order valence-electron chi connectivity index (χ2n) is 6.99. The molecule has 29 heavy (non-hydrogen) atoms. The molecule has 3 N–H and O–H groups in total.